The highest BCUT2D eigenvalue weighted by Gasteiger charge is 2.45. The summed E-state index contributed by atoms with van der Waals surface area (Å²) >= 11 is 0. The van der Waals surface area contributed by atoms with Gasteiger partial charge in [-0.05, 0) is 68.9 Å². The zero-order chi connectivity index (χ0) is 26.9. The summed E-state index contributed by atoms with van der Waals surface area (Å²) in [6.45, 7) is 0. The summed E-state index contributed by atoms with van der Waals surface area (Å²) < 4.78 is 1.97. The molecule has 8 heteroatoms. The lowest BCUT2D eigenvalue weighted by molar-refractivity contribution is -0.136. The first kappa shape index (κ1) is 26.5. The second-order valence-electron chi connectivity index (χ2n) is 12.4. The second-order valence-corrected chi connectivity index (χ2v) is 12.4. The molecule has 210 valence electrons. The van der Waals surface area contributed by atoms with Crippen molar-refractivity contribution in [3.63, 3.8) is 0 Å². The van der Waals surface area contributed by atoms with Crippen LogP contribution < -0.4 is 5.56 Å². The highest BCUT2D eigenvalue weighted by atomic mass is 16.6. The standard InChI is InChI=1S/C31H42N4O4/c1-39-33-27(13-14-29(36)37)30-31(38)35(28-12-5-4-11-26(28)32-30)25-18-22-9-6-10-23(19-25)34(22)24-16-20-7-2-3-8-21(15-20)17-24/h4-5,11-12,20-25H,2-3,6-10,13-19H2,1H3,(H,36,37)/t20?,21?,22-,23?,24?,25?/m1/s1. The summed E-state index contributed by atoms with van der Waals surface area (Å²) in [7, 11) is 1.42. The number of aliphatic carboxylic acids is 1. The molecule has 6 rings (SSSR count). The zero-order valence-corrected chi connectivity index (χ0v) is 23.1. The second kappa shape index (κ2) is 11.4. The van der Waals surface area contributed by atoms with Crippen molar-refractivity contribution in [3.8, 4) is 0 Å². The zero-order valence-electron chi connectivity index (χ0n) is 23.1. The molecule has 0 spiro atoms. The molecule has 8 nitrogen and oxygen atoms in total. The molecular formula is C31H42N4O4. The lowest BCUT2D eigenvalue weighted by Gasteiger charge is -2.54. The van der Waals surface area contributed by atoms with Gasteiger partial charge < -0.3 is 14.5 Å². The minimum absolute atomic E-state index is 0.0878. The van der Waals surface area contributed by atoms with Gasteiger partial charge in [0.2, 0.25) is 0 Å². The van der Waals surface area contributed by atoms with E-state index in [4.69, 9.17) is 4.84 Å². The lowest BCUT2D eigenvalue weighted by Crippen LogP contribution is -2.58. The average Bonchev–Trinajstić information content (AvgIpc) is 3.09. The van der Waals surface area contributed by atoms with Crippen molar-refractivity contribution < 1.29 is 14.7 Å². The molecule has 5 atom stereocenters. The fraction of sp³-hybridized carbons (Fsp3) is 0.677. The van der Waals surface area contributed by atoms with Gasteiger partial charge in [0.05, 0.1) is 17.5 Å². The molecular weight excluding hydrogens is 492 g/mol. The van der Waals surface area contributed by atoms with E-state index < -0.39 is 5.97 Å². The first-order valence-corrected chi connectivity index (χ1v) is 15.1. The first-order chi connectivity index (χ1) is 19.0. The highest BCUT2D eigenvalue weighted by molar-refractivity contribution is 6.00. The van der Waals surface area contributed by atoms with Gasteiger partial charge in [-0.25, -0.2) is 4.98 Å². The van der Waals surface area contributed by atoms with Crippen LogP contribution in [0.3, 0.4) is 0 Å². The van der Waals surface area contributed by atoms with Crippen molar-refractivity contribution in [1.82, 2.24) is 14.5 Å². The van der Waals surface area contributed by atoms with E-state index in [9.17, 15) is 14.7 Å². The Balaban J connectivity index is 1.34. The minimum atomic E-state index is -0.942. The van der Waals surface area contributed by atoms with Gasteiger partial charge in [-0.15, -0.1) is 0 Å². The van der Waals surface area contributed by atoms with Crippen LogP contribution in [0.5, 0.6) is 0 Å². The number of benzene rings is 1. The van der Waals surface area contributed by atoms with Gasteiger partial charge in [0, 0.05) is 30.6 Å². The van der Waals surface area contributed by atoms with Crippen LogP contribution in [0.25, 0.3) is 11.0 Å². The number of oxime groups is 1. The number of carboxylic acid groups (broad SMARTS) is 1. The smallest absolute Gasteiger partial charge is 0.303 e. The Labute approximate surface area is 230 Å². The topological polar surface area (TPSA) is 97.0 Å². The molecule has 2 aromatic rings. The van der Waals surface area contributed by atoms with Crippen molar-refractivity contribution in [2.45, 2.75) is 114 Å². The van der Waals surface area contributed by atoms with Crippen molar-refractivity contribution in [2.24, 2.45) is 17.0 Å². The molecule has 2 saturated heterocycles. The Morgan fingerprint density at radius 2 is 1.62 bits per heavy atom. The molecule has 4 aliphatic rings. The van der Waals surface area contributed by atoms with Crippen LogP contribution in [0.1, 0.15) is 102 Å². The number of aromatic nitrogens is 2. The molecule has 4 fully saturated rings. The fourth-order valence-electron chi connectivity index (χ4n) is 8.55. The third-order valence-corrected chi connectivity index (χ3v) is 9.99. The van der Waals surface area contributed by atoms with Gasteiger partial charge in [0.15, 0.2) is 5.69 Å². The molecule has 1 N–H and O–H groups in total. The van der Waals surface area contributed by atoms with Gasteiger partial charge in [-0.3, -0.25) is 14.5 Å². The molecule has 1 aromatic carbocycles. The molecule has 3 heterocycles. The van der Waals surface area contributed by atoms with Crippen LogP contribution >= 0.6 is 0 Å². The van der Waals surface area contributed by atoms with E-state index in [0.717, 1.165) is 35.7 Å². The van der Waals surface area contributed by atoms with Crippen LogP contribution in [0, 0.1) is 11.8 Å². The average molecular weight is 535 g/mol. The Morgan fingerprint density at radius 3 is 2.28 bits per heavy atom. The van der Waals surface area contributed by atoms with E-state index in [2.05, 4.69) is 15.0 Å². The van der Waals surface area contributed by atoms with Crippen molar-refractivity contribution in [2.75, 3.05) is 7.11 Å². The summed E-state index contributed by atoms with van der Waals surface area (Å²) in [5, 5.41) is 13.3. The highest BCUT2D eigenvalue weighted by Crippen LogP contribution is 2.47. The molecule has 2 aliphatic heterocycles. The fourth-order valence-corrected chi connectivity index (χ4v) is 8.55. The SMILES string of the molecule is CON=C(CCC(=O)O)c1nc2ccccc2n(C2CC3CCC[C@H](C2)N3C2CC3CCCCC(C3)C2)c1=O. The molecule has 39 heavy (non-hydrogen) atoms. The number of piperidine rings is 2. The Kier molecular flexibility index (Phi) is 7.74. The van der Waals surface area contributed by atoms with Gasteiger partial charge in [-0.2, -0.15) is 0 Å². The van der Waals surface area contributed by atoms with E-state index in [1.807, 2.05) is 28.8 Å². The van der Waals surface area contributed by atoms with E-state index in [1.165, 1.54) is 71.3 Å². The van der Waals surface area contributed by atoms with Gasteiger partial charge in [0.1, 0.15) is 12.8 Å². The van der Waals surface area contributed by atoms with Crippen molar-refractivity contribution in [3.05, 3.63) is 40.3 Å². The van der Waals surface area contributed by atoms with E-state index in [-0.39, 0.29) is 30.1 Å². The quantitative estimate of drug-likeness (QED) is 0.371. The number of hydrogen-bond donors (Lipinski definition) is 1. The van der Waals surface area contributed by atoms with E-state index in [1.54, 1.807) is 0 Å². The maximum atomic E-state index is 14.1. The number of hydrogen-bond acceptors (Lipinski definition) is 6. The van der Waals surface area contributed by atoms with Crippen LogP contribution in [0.4, 0.5) is 0 Å². The molecule has 2 saturated carbocycles. The third kappa shape index (κ3) is 5.37. The minimum Gasteiger partial charge on any atom is -0.481 e. The first-order valence-electron chi connectivity index (χ1n) is 15.1. The van der Waals surface area contributed by atoms with E-state index in [0.29, 0.717) is 23.8 Å². The monoisotopic (exact) mass is 534 g/mol. The van der Waals surface area contributed by atoms with Crippen molar-refractivity contribution in [1.29, 1.82) is 0 Å². The number of fused-ring (bicyclic) bond motifs is 5. The third-order valence-electron chi connectivity index (χ3n) is 9.99. The summed E-state index contributed by atoms with van der Waals surface area (Å²) in [6, 6.07) is 9.61. The summed E-state index contributed by atoms with van der Waals surface area (Å²) in [5.41, 5.74) is 1.90. The maximum absolute atomic E-state index is 14.1. The van der Waals surface area contributed by atoms with Gasteiger partial charge in [-0.1, -0.05) is 49.4 Å². The molecule has 0 amide bonds. The number of carboxylic acids is 1. The molecule has 2 aliphatic carbocycles. The number of rotatable bonds is 7. The summed E-state index contributed by atoms with van der Waals surface area (Å²) in [6.07, 6.45) is 15.4. The molecule has 4 bridgehead atoms. The predicted octanol–water partition coefficient (Wildman–Crippen LogP) is 5.53. The number of nitrogens with zero attached hydrogens (tertiary/aromatic N) is 4. The Morgan fingerprint density at radius 1 is 0.923 bits per heavy atom. The van der Waals surface area contributed by atoms with Gasteiger partial charge in [0.25, 0.3) is 5.56 Å². The van der Waals surface area contributed by atoms with Crippen LogP contribution in [0.2, 0.25) is 0 Å². The Hall–Kier alpha value is -2.74. The number of para-hydroxylation sites is 2. The van der Waals surface area contributed by atoms with Crippen molar-refractivity contribution >= 4 is 22.7 Å². The van der Waals surface area contributed by atoms with E-state index >= 15 is 0 Å². The summed E-state index contributed by atoms with van der Waals surface area (Å²) in [5.74, 6) is 0.851. The normalized spacial score (nSPS) is 31.6. The maximum Gasteiger partial charge on any atom is 0.303 e. The molecule has 1 aromatic heterocycles. The van der Waals surface area contributed by atoms with Gasteiger partial charge >= 0.3 is 5.97 Å². The largest absolute Gasteiger partial charge is 0.481 e. The number of carbonyl (C=O) groups is 1. The predicted molar refractivity (Wildman–Crippen MR) is 151 cm³/mol. The lowest BCUT2D eigenvalue weighted by atomic mass is 9.73. The van der Waals surface area contributed by atoms with Crippen LogP contribution in [-0.4, -0.2) is 56.5 Å². The molecule has 0 radical (unpaired) electrons. The Bertz CT molecular complexity index is 1260. The van der Waals surface area contributed by atoms with Crippen LogP contribution in [0.15, 0.2) is 34.2 Å². The molecule has 4 unspecified atom stereocenters. The van der Waals surface area contributed by atoms with Crippen LogP contribution in [-0.2, 0) is 9.63 Å². The summed E-state index contributed by atoms with van der Waals surface area (Å²) in [4.78, 5) is 38.0.